The van der Waals surface area contributed by atoms with E-state index in [9.17, 15) is 4.79 Å². The number of carbonyl (C=O) groups excluding carboxylic acids is 1. The molecule has 2 heterocycles. The van der Waals surface area contributed by atoms with E-state index < -0.39 is 0 Å². The number of hydrogen-bond acceptors (Lipinski definition) is 4. The van der Waals surface area contributed by atoms with Crippen LogP contribution in [0.4, 0.5) is 0 Å². The van der Waals surface area contributed by atoms with Crippen molar-refractivity contribution < 1.29 is 4.79 Å². The largest absolute Gasteiger partial charge is 0.344 e. The molecule has 2 rings (SSSR count). The van der Waals surface area contributed by atoms with Crippen LogP contribution in [0.15, 0.2) is 42.9 Å². The Morgan fingerprint density at radius 3 is 2.86 bits per heavy atom. The zero-order valence-electron chi connectivity index (χ0n) is 11.7. The van der Waals surface area contributed by atoms with Gasteiger partial charge in [-0.3, -0.25) is 9.78 Å². The molecule has 0 fully saturated rings. The molecule has 21 heavy (non-hydrogen) atoms. The van der Waals surface area contributed by atoms with Crippen molar-refractivity contribution >= 4 is 5.91 Å². The van der Waals surface area contributed by atoms with Crippen LogP contribution in [-0.2, 0) is 0 Å². The molecule has 0 aliphatic carbocycles. The molecule has 2 aromatic rings. The van der Waals surface area contributed by atoms with Crippen LogP contribution in [0.3, 0.4) is 0 Å². The zero-order valence-corrected chi connectivity index (χ0v) is 11.7. The van der Waals surface area contributed by atoms with Crippen molar-refractivity contribution in [1.82, 2.24) is 15.3 Å². The number of hydrogen-bond donors (Lipinski definition) is 2. The summed E-state index contributed by atoms with van der Waals surface area (Å²) in [5, 5.41) is 2.88. The summed E-state index contributed by atoms with van der Waals surface area (Å²) >= 11 is 0. The molecule has 0 saturated heterocycles. The molecule has 0 spiro atoms. The maximum atomic E-state index is 12.1. The monoisotopic (exact) mass is 280 g/mol. The number of nitrogens with two attached hydrogens (primary N) is 1. The van der Waals surface area contributed by atoms with Gasteiger partial charge in [-0.25, -0.2) is 4.98 Å². The standard InChI is InChI=1S/C16H16N4O/c1-12(14-5-3-9-18-11-14)20-16(21)15-7-6-13(10-19-15)4-2-8-17/h3,5-7,9-12H,8,17H2,1H3,(H,20,21). The molecule has 1 atom stereocenters. The van der Waals surface area contributed by atoms with Crippen molar-refractivity contribution in [3.63, 3.8) is 0 Å². The van der Waals surface area contributed by atoms with Crippen molar-refractivity contribution in [3.8, 4) is 11.8 Å². The molecule has 3 N–H and O–H groups in total. The second-order valence-electron chi connectivity index (χ2n) is 4.42. The Bertz CT molecular complexity index is 656. The van der Waals surface area contributed by atoms with E-state index in [1.54, 1.807) is 30.7 Å². The Kier molecular flexibility index (Phi) is 5.02. The molecule has 0 aliphatic rings. The number of aromatic nitrogens is 2. The Morgan fingerprint density at radius 1 is 1.38 bits per heavy atom. The molecule has 0 saturated carbocycles. The van der Waals surface area contributed by atoms with Crippen molar-refractivity contribution in [2.75, 3.05) is 6.54 Å². The lowest BCUT2D eigenvalue weighted by molar-refractivity contribution is 0.0935. The van der Waals surface area contributed by atoms with Crippen LogP contribution < -0.4 is 11.1 Å². The first-order chi connectivity index (χ1) is 10.2. The normalized spacial score (nSPS) is 11.1. The van der Waals surface area contributed by atoms with Crippen LogP contribution in [-0.4, -0.2) is 22.4 Å². The first kappa shape index (κ1) is 14.7. The van der Waals surface area contributed by atoms with E-state index in [4.69, 9.17) is 5.73 Å². The fourth-order valence-electron chi connectivity index (χ4n) is 1.74. The van der Waals surface area contributed by atoms with Gasteiger partial charge in [-0.15, -0.1) is 0 Å². The molecule has 5 heteroatoms. The van der Waals surface area contributed by atoms with Crippen LogP contribution in [0.1, 0.15) is 34.6 Å². The summed E-state index contributed by atoms with van der Waals surface area (Å²) in [5.74, 6) is 5.37. The van der Waals surface area contributed by atoms with Gasteiger partial charge in [-0.2, -0.15) is 0 Å². The fraction of sp³-hybridized carbons (Fsp3) is 0.188. The Balaban J connectivity index is 2.03. The number of amides is 1. The lowest BCUT2D eigenvalue weighted by Crippen LogP contribution is -2.27. The Hall–Kier alpha value is -2.71. The molecule has 0 aliphatic heterocycles. The Labute approximate surface area is 123 Å². The van der Waals surface area contributed by atoms with Crippen molar-refractivity contribution in [1.29, 1.82) is 0 Å². The number of rotatable bonds is 3. The van der Waals surface area contributed by atoms with E-state index in [0.717, 1.165) is 11.1 Å². The average molecular weight is 280 g/mol. The van der Waals surface area contributed by atoms with Gasteiger partial charge in [0.25, 0.3) is 5.91 Å². The number of nitrogens with zero attached hydrogens (tertiary/aromatic N) is 2. The third-order valence-electron chi connectivity index (χ3n) is 2.86. The first-order valence-electron chi connectivity index (χ1n) is 6.56. The van der Waals surface area contributed by atoms with E-state index in [-0.39, 0.29) is 11.9 Å². The maximum absolute atomic E-state index is 12.1. The molecular weight excluding hydrogens is 264 g/mol. The maximum Gasteiger partial charge on any atom is 0.270 e. The van der Waals surface area contributed by atoms with Gasteiger partial charge in [0.05, 0.1) is 12.6 Å². The summed E-state index contributed by atoms with van der Waals surface area (Å²) < 4.78 is 0. The highest BCUT2D eigenvalue weighted by Crippen LogP contribution is 2.10. The van der Waals surface area contributed by atoms with Crippen molar-refractivity contribution in [3.05, 3.63) is 59.7 Å². The van der Waals surface area contributed by atoms with Gasteiger partial charge < -0.3 is 11.1 Å². The van der Waals surface area contributed by atoms with E-state index in [0.29, 0.717) is 12.2 Å². The van der Waals surface area contributed by atoms with E-state index in [1.807, 2.05) is 19.1 Å². The second-order valence-corrected chi connectivity index (χ2v) is 4.42. The molecule has 2 aromatic heterocycles. The van der Waals surface area contributed by atoms with Gasteiger partial charge in [-0.05, 0) is 30.7 Å². The summed E-state index contributed by atoms with van der Waals surface area (Å²) in [4.78, 5) is 20.2. The SMILES string of the molecule is CC(NC(=O)c1ccc(C#CCN)cn1)c1cccnc1. The smallest absolute Gasteiger partial charge is 0.270 e. The second kappa shape index (κ2) is 7.17. The van der Waals surface area contributed by atoms with Crippen LogP contribution in [0.5, 0.6) is 0 Å². The summed E-state index contributed by atoms with van der Waals surface area (Å²) in [5.41, 5.74) is 7.33. The first-order valence-corrected chi connectivity index (χ1v) is 6.56. The lowest BCUT2D eigenvalue weighted by atomic mass is 10.1. The summed E-state index contributed by atoms with van der Waals surface area (Å²) in [6.45, 7) is 2.20. The summed E-state index contributed by atoms with van der Waals surface area (Å²) in [7, 11) is 0. The number of nitrogens with one attached hydrogen (secondary N) is 1. The molecule has 5 nitrogen and oxygen atoms in total. The van der Waals surface area contributed by atoms with Crippen LogP contribution in [0.25, 0.3) is 0 Å². The molecule has 106 valence electrons. The van der Waals surface area contributed by atoms with Gasteiger partial charge >= 0.3 is 0 Å². The topological polar surface area (TPSA) is 80.9 Å². The molecule has 1 unspecified atom stereocenters. The highest BCUT2D eigenvalue weighted by atomic mass is 16.1. The predicted octanol–water partition coefficient (Wildman–Crippen LogP) is 1.28. The van der Waals surface area contributed by atoms with Gasteiger partial charge in [0.2, 0.25) is 0 Å². The third-order valence-corrected chi connectivity index (χ3v) is 2.86. The highest BCUT2D eigenvalue weighted by Gasteiger charge is 2.12. The lowest BCUT2D eigenvalue weighted by Gasteiger charge is -2.13. The predicted molar refractivity (Wildman–Crippen MR) is 80.3 cm³/mol. The van der Waals surface area contributed by atoms with Gasteiger partial charge in [0, 0.05) is 24.2 Å². The number of carbonyl (C=O) groups is 1. The van der Waals surface area contributed by atoms with Crippen molar-refractivity contribution in [2.24, 2.45) is 5.73 Å². The minimum Gasteiger partial charge on any atom is -0.344 e. The van der Waals surface area contributed by atoms with Crippen LogP contribution in [0, 0.1) is 11.8 Å². The zero-order chi connectivity index (χ0) is 15.1. The third kappa shape index (κ3) is 4.13. The Morgan fingerprint density at radius 2 is 2.24 bits per heavy atom. The minimum atomic E-state index is -0.232. The summed E-state index contributed by atoms with van der Waals surface area (Å²) in [6, 6.07) is 7.01. The summed E-state index contributed by atoms with van der Waals surface area (Å²) in [6.07, 6.45) is 4.98. The van der Waals surface area contributed by atoms with Crippen LogP contribution >= 0.6 is 0 Å². The fourth-order valence-corrected chi connectivity index (χ4v) is 1.74. The minimum absolute atomic E-state index is 0.135. The molecule has 0 bridgehead atoms. The van der Waals surface area contributed by atoms with Gasteiger partial charge in [0.15, 0.2) is 0 Å². The van der Waals surface area contributed by atoms with E-state index in [2.05, 4.69) is 27.1 Å². The van der Waals surface area contributed by atoms with E-state index >= 15 is 0 Å². The molecule has 1 amide bonds. The van der Waals surface area contributed by atoms with E-state index in [1.165, 1.54) is 0 Å². The number of pyridine rings is 2. The molecule has 0 aromatic carbocycles. The van der Waals surface area contributed by atoms with Crippen molar-refractivity contribution in [2.45, 2.75) is 13.0 Å². The van der Waals surface area contributed by atoms with Gasteiger partial charge in [-0.1, -0.05) is 17.9 Å². The molecule has 0 radical (unpaired) electrons. The van der Waals surface area contributed by atoms with Gasteiger partial charge in [0.1, 0.15) is 5.69 Å². The average Bonchev–Trinajstić information content (AvgIpc) is 2.54. The highest BCUT2D eigenvalue weighted by molar-refractivity contribution is 5.92. The quantitative estimate of drug-likeness (QED) is 0.830. The van der Waals surface area contributed by atoms with Crippen LogP contribution in [0.2, 0.25) is 0 Å². The molecular formula is C16H16N4O.